The number of aromatic nitrogens is 1. The SMILES string of the molecule is CN(C)C(=O)c1[nH]c(C=C2C(=O)Nc3ccc(Br)cc32)c2ccccc12. The summed E-state index contributed by atoms with van der Waals surface area (Å²) in [5.41, 5.74) is 3.44. The maximum Gasteiger partial charge on any atom is 0.270 e. The number of hydrogen-bond donors (Lipinski definition) is 2. The number of carbonyl (C=O) groups excluding carboxylic acids is 2. The highest BCUT2D eigenvalue weighted by atomic mass is 79.9. The van der Waals surface area contributed by atoms with Gasteiger partial charge in [-0.05, 0) is 24.3 Å². The van der Waals surface area contributed by atoms with Crippen LogP contribution in [0.15, 0.2) is 46.9 Å². The second-order valence-corrected chi connectivity index (χ2v) is 7.28. The molecule has 0 atom stereocenters. The van der Waals surface area contributed by atoms with Crippen LogP contribution in [-0.4, -0.2) is 35.8 Å². The lowest BCUT2D eigenvalue weighted by Gasteiger charge is -2.08. The normalized spacial score (nSPS) is 14.6. The molecule has 0 radical (unpaired) electrons. The molecule has 0 saturated heterocycles. The van der Waals surface area contributed by atoms with Crippen LogP contribution in [0.3, 0.4) is 0 Å². The Kier molecular flexibility index (Phi) is 3.92. The molecule has 2 aromatic carbocycles. The quantitative estimate of drug-likeness (QED) is 0.625. The molecule has 2 amide bonds. The van der Waals surface area contributed by atoms with Crippen molar-refractivity contribution >= 4 is 55.9 Å². The molecule has 1 aliphatic rings. The zero-order chi connectivity index (χ0) is 18.4. The van der Waals surface area contributed by atoms with Crippen LogP contribution in [0, 0.1) is 0 Å². The molecule has 5 nitrogen and oxygen atoms in total. The standard InChI is InChI=1S/C20H16BrN3O2/c1-24(2)20(26)18-13-6-4-3-5-12(13)17(22-18)10-15-14-9-11(21)7-8-16(14)23-19(15)25/h3-10,22H,1-2H3,(H,23,25). The minimum Gasteiger partial charge on any atom is -0.350 e. The Morgan fingerprint density at radius 3 is 2.58 bits per heavy atom. The van der Waals surface area contributed by atoms with Gasteiger partial charge in [0.25, 0.3) is 11.8 Å². The molecule has 0 bridgehead atoms. The number of fused-ring (bicyclic) bond motifs is 2. The van der Waals surface area contributed by atoms with E-state index in [1.807, 2.05) is 48.5 Å². The number of H-pyrrole nitrogens is 1. The summed E-state index contributed by atoms with van der Waals surface area (Å²) in [5, 5.41) is 4.62. The molecular weight excluding hydrogens is 394 g/mol. The molecule has 3 aromatic rings. The molecule has 2 N–H and O–H groups in total. The first-order valence-corrected chi connectivity index (χ1v) is 8.90. The molecule has 1 aromatic heterocycles. The van der Waals surface area contributed by atoms with E-state index in [1.165, 1.54) is 4.90 Å². The fourth-order valence-electron chi connectivity index (χ4n) is 3.16. The molecule has 0 aliphatic carbocycles. The predicted octanol–water partition coefficient (Wildman–Crippen LogP) is 4.12. The molecule has 0 fully saturated rings. The third-order valence-electron chi connectivity index (χ3n) is 4.42. The van der Waals surface area contributed by atoms with Gasteiger partial charge in [0.15, 0.2) is 0 Å². The van der Waals surface area contributed by atoms with Gasteiger partial charge in [0.2, 0.25) is 0 Å². The summed E-state index contributed by atoms with van der Waals surface area (Å²) < 4.78 is 0.901. The van der Waals surface area contributed by atoms with Crippen molar-refractivity contribution in [2.75, 3.05) is 19.4 Å². The number of benzene rings is 2. The van der Waals surface area contributed by atoms with Crippen LogP contribution in [0.25, 0.3) is 22.4 Å². The fourth-order valence-corrected chi connectivity index (χ4v) is 3.52. The second-order valence-electron chi connectivity index (χ2n) is 6.36. The largest absolute Gasteiger partial charge is 0.350 e. The van der Waals surface area contributed by atoms with E-state index in [0.29, 0.717) is 11.3 Å². The lowest BCUT2D eigenvalue weighted by molar-refractivity contribution is -0.110. The van der Waals surface area contributed by atoms with Crippen molar-refractivity contribution in [3.63, 3.8) is 0 Å². The minimum absolute atomic E-state index is 0.107. The van der Waals surface area contributed by atoms with Gasteiger partial charge in [-0.1, -0.05) is 40.2 Å². The van der Waals surface area contributed by atoms with E-state index in [2.05, 4.69) is 26.2 Å². The first-order chi connectivity index (χ1) is 12.5. The Morgan fingerprint density at radius 1 is 1.12 bits per heavy atom. The van der Waals surface area contributed by atoms with Gasteiger partial charge in [-0.25, -0.2) is 0 Å². The van der Waals surface area contributed by atoms with Crippen LogP contribution in [0.2, 0.25) is 0 Å². The Morgan fingerprint density at radius 2 is 1.85 bits per heavy atom. The molecule has 0 saturated carbocycles. The van der Waals surface area contributed by atoms with Crippen molar-refractivity contribution in [1.82, 2.24) is 9.88 Å². The summed E-state index contributed by atoms with van der Waals surface area (Å²) >= 11 is 3.45. The van der Waals surface area contributed by atoms with Crippen molar-refractivity contribution in [3.05, 3.63) is 63.9 Å². The minimum atomic E-state index is -0.155. The van der Waals surface area contributed by atoms with E-state index in [1.54, 1.807) is 14.1 Å². The van der Waals surface area contributed by atoms with Gasteiger partial charge in [0.05, 0.1) is 5.57 Å². The number of aromatic amines is 1. The van der Waals surface area contributed by atoms with E-state index < -0.39 is 0 Å². The molecule has 6 heteroatoms. The van der Waals surface area contributed by atoms with Crippen LogP contribution in [-0.2, 0) is 4.79 Å². The fraction of sp³-hybridized carbons (Fsp3) is 0.100. The van der Waals surface area contributed by atoms with Crippen molar-refractivity contribution < 1.29 is 9.59 Å². The summed E-state index contributed by atoms with van der Waals surface area (Å²) in [7, 11) is 3.43. The third kappa shape index (κ3) is 2.63. The topological polar surface area (TPSA) is 65.2 Å². The van der Waals surface area contributed by atoms with E-state index in [0.717, 1.165) is 32.2 Å². The number of carbonyl (C=O) groups is 2. The lowest BCUT2D eigenvalue weighted by Crippen LogP contribution is -2.22. The summed E-state index contributed by atoms with van der Waals surface area (Å²) in [6.07, 6.45) is 1.81. The summed E-state index contributed by atoms with van der Waals surface area (Å²) in [4.78, 5) is 29.7. The highest BCUT2D eigenvalue weighted by Gasteiger charge is 2.25. The van der Waals surface area contributed by atoms with Gasteiger partial charge in [-0.2, -0.15) is 0 Å². The molecule has 0 spiro atoms. The van der Waals surface area contributed by atoms with Crippen LogP contribution in [0.4, 0.5) is 5.69 Å². The maximum absolute atomic E-state index is 12.5. The molecule has 4 rings (SSSR count). The predicted molar refractivity (Wildman–Crippen MR) is 107 cm³/mol. The number of hydrogen-bond acceptors (Lipinski definition) is 2. The molecule has 1 aliphatic heterocycles. The number of amides is 2. The highest BCUT2D eigenvalue weighted by Crippen LogP contribution is 2.36. The zero-order valence-corrected chi connectivity index (χ0v) is 15.8. The van der Waals surface area contributed by atoms with Gasteiger partial charge in [-0.3, -0.25) is 9.59 Å². The summed E-state index contributed by atoms with van der Waals surface area (Å²) in [5.74, 6) is -0.262. The number of halogens is 1. The van der Waals surface area contributed by atoms with E-state index in [4.69, 9.17) is 0 Å². The van der Waals surface area contributed by atoms with Gasteiger partial charge in [0, 0.05) is 46.3 Å². The van der Waals surface area contributed by atoms with Crippen molar-refractivity contribution in [3.8, 4) is 0 Å². The molecular formula is C20H16BrN3O2. The number of rotatable bonds is 2. The Balaban J connectivity index is 1.92. The number of nitrogens with one attached hydrogen (secondary N) is 2. The van der Waals surface area contributed by atoms with Gasteiger partial charge < -0.3 is 15.2 Å². The molecule has 130 valence electrons. The van der Waals surface area contributed by atoms with Crippen molar-refractivity contribution in [1.29, 1.82) is 0 Å². The average molecular weight is 410 g/mol. The second kappa shape index (κ2) is 6.14. The van der Waals surface area contributed by atoms with Crippen LogP contribution in [0.5, 0.6) is 0 Å². The van der Waals surface area contributed by atoms with Gasteiger partial charge in [-0.15, -0.1) is 0 Å². The molecule has 0 unspecified atom stereocenters. The van der Waals surface area contributed by atoms with Crippen molar-refractivity contribution in [2.45, 2.75) is 0 Å². The van der Waals surface area contributed by atoms with Crippen LogP contribution in [0.1, 0.15) is 21.7 Å². The Bertz CT molecular complexity index is 1100. The Labute approximate surface area is 158 Å². The average Bonchev–Trinajstić information content (AvgIpc) is 3.13. The van der Waals surface area contributed by atoms with E-state index in [9.17, 15) is 9.59 Å². The summed E-state index contributed by atoms with van der Waals surface area (Å²) in [6, 6.07) is 13.3. The molecule has 26 heavy (non-hydrogen) atoms. The smallest absolute Gasteiger partial charge is 0.270 e. The first-order valence-electron chi connectivity index (χ1n) is 8.11. The van der Waals surface area contributed by atoms with E-state index >= 15 is 0 Å². The number of nitrogens with zero attached hydrogens (tertiary/aromatic N) is 1. The van der Waals surface area contributed by atoms with Crippen LogP contribution >= 0.6 is 15.9 Å². The highest BCUT2D eigenvalue weighted by molar-refractivity contribution is 9.10. The lowest BCUT2D eigenvalue weighted by atomic mass is 10.0. The zero-order valence-electron chi connectivity index (χ0n) is 14.3. The molecule has 2 heterocycles. The van der Waals surface area contributed by atoms with E-state index in [-0.39, 0.29) is 11.8 Å². The third-order valence-corrected chi connectivity index (χ3v) is 4.91. The van der Waals surface area contributed by atoms with Crippen molar-refractivity contribution in [2.24, 2.45) is 0 Å². The van der Waals surface area contributed by atoms with Gasteiger partial charge >= 0.3 is 0 Å². The maximum atomic E-state index is 12.5. The number of anilines is 1. The first kappa shape index (κ1) is 16.6. The summed E-state index contributed by atoms with van der Waals surface area (Å²) in [6.45, 7) is 0. The monoisotopic (exact) mass is 409 g/mol. The van der Waals surface area contributed by atoms with Crippen LogP contribution < -0.4 is 5.32 Å². The van der Waals surface area contributed by atoms with Gasteiger partial charge in [0.1, 0.15) is 5.69 Å². The Hall–Kier alpha value is -2.86.